The molecule has 0 spiro atoms. The molecule has 1 saturated heterocycles. The molecule has 1 aromatic rings. The van der Waals surface area contributed by atoms with Crippen LogP contribution >= 0.6 is 0 Å². The largest absolute Gasteiger partial charge is 0.294 e. The van der Waals surface area contributed by atoms with Crippen LogP contribution in [0.5, 0.6) is 0 Å². The number of nitrogens with zero attached hydrogens (tertiary/aromatic N) is 1. The molecule has 3 N–H and O–H groups in total. The monoisotopic (exact) mass is 275 g/mol. The van der Waals surface area contributed by atoms with Crippen molar-refractivity contribution in [2.24, 2.45) is 5.84 Å². The van der Waals surface area contributed by atoms with E-state index in [0.717, 1.165) is 12.1 Å². The molecular formula is C16H25N3O. The maximum absolute atomic E-state index is 11.5. The molecule has 1 heterocycles. The summed E-state index contributed by atoms with van der Waals surface area (Å²) in [6, 6.07) is 9.37. The molecule has 110 valence electrons. The summed E-state index contributed by atoms with van der Waals surface area (Å²) in [5.41, 5.74) is 4.51. The van der Waals surface area contributed by atoms with Crippen LogP contribution in [-0.4, -0.2) is 22.9 Å². The first kappa shape index (κ1) is 15.0. The Morgan fingerprint density at radius 1 is 1.25 bits per heavy atom. The van der Waals surface area contributed by atoms with Crippen molar-refractivity contribution in [1.82, 2.24) is 10.3 Å². The summed E-state index contributed by atoms with van der Waals surface area (Å²) < 4.78 is 0. The molecular weight excluding hydrogens is 250 g/mol. The van der Waals surface area contributed by atoms with Crippen LogP contribution in [0, 0.1) is 0 Å². The summed E-state index contributed by atoms with van der Waals surface area (Å²) in [7, 11) is 0. The highest BCUT2D eigenvalue weighted by atomic mass is 16.2. The zero-order valence-corrected chi connectivity index (χ0v) is 12.4. The van der Waals surface area contributed by atoms with Gasteiger partial charge in [0.2, 0.25) is 5.91 Å². The van der Waals surface area contributed by atoms with Gasteiger partial charge >= 0.3 is 0 Å². The number of hydrazine groups is 1. The number of likely N-dealkylation sites (tertiary alicyclic amines) is 1. The quantitative estimate of drug-likeness (QED) is 0.502. The number of nitrogens with one attached hydrogen (secondary N) is 1. The Hall–Kier alpha value is -1.39. The molecule has 0 aromatic heterocycles. The van der Waals surface area contributed by atoms with Crippen LogP contribution < -0.4 is 11.3 Å². The van der Waals surface area contributed by atoms with Crippen molar-refractivity contribution >= 4 is 5.91 Å². The van der Waals surface area contributed by atoms with Crippen LogP contribution in [0.15, 0.2) is 24.3 Å². The van der Waals surface area contributed by atoms with Gasteiger partial charge in [-0.1, -0.05) is 30.7 Å². The van der Waals surface area contributed by atoms with Crippen LogP contribution in [0.2, 0.25) is 0 Å². The first-order chi connectivity index (χ1) is 9.61. The minimum atomic E-state index is -0.141. The van der Waals surface area contributed by atoms with Gasteiger partial charge in [0.15, 0.2) is 0 Å². The van der Waals surface area contributed by atoms with E-state index in [2.05, 4.69) is 30.2 Å². The number of benzene rings is 1. The predicted molar refractivity (Wildman–Crippen MR) is 80.8 cm³/mol. The Morgan fingerprint density at radius 2 is 1.85 bits per heavy atom. The molecule has 20 heavy (non-hydrogen) atoms. The van der Waals surface area contributed by atoms with Crippen molar-refractivity contribution in [3.8, 4) is 0 Å². The smallest absolute Gasteiger partial charge is 0.238 e. The molecule has 1 aliphatic heterocycles. The molecule has 2 rings (SSSR count). The highest BCUT2D eigenvalue weighted by molar-refractivity contribution is 5.78. The third kappa shape index (κ3) is 3.58. The number of hydrogen-bond acceptors (Lipinski definition) is 3. The Bertz CT molecular complexity index is 451. The second kappa shape index (κ2) is 6.86. The second-order valence-corrected chi connectivity index (χ2v) is 5.81. The fourth-order valence-electron chi connectivity index (χ4n) is 3.09. The third-order valence-corrected chi connectivity index (χ3v) is 4.36. The van der Waals surface area contributed by atoms with Crippen molar-refractivity contribution in [3.63, 3.8) is 0 Å². The van der Waals surface area contributed by atoms with E-state index >= 15 is 0 Å². The number of rotatable bonds is 4. The van der Waals surface area contributed by atoms with E-state index in [9.17, 15) is 4.79 Å². The molecule has 2 unspecified atom stereocenters. The molecule has 0 aliphatic carbocycles. The lowest BCUT2D eigenvalue weighted by Gasteiger charge is -2.39. The Balaban J connectivity index is 2.13. The van der Waals surface area contributed by atoms with Crippen LogP contribution in [-0.2, 0) is 17.8 Å². The Kier molecular flexibility index (Phi) is 5.15. The zero-order chi connectivity index (χ0) is 14.5. The Morgan fingerprint density at radius 3 is 2.45 bits per heavy atom. The summed E-state index contributed by atoms with van der Waals surface area (Å²) in [5.74, 6) is 5.05. The molecule has 1 aliphatic rings. The first-order valence-electron chi connectivity index (χ1n) is 7.43. The van der Waals surface area contributed by atoms with E-state index < -0.39 is 0 Å². The maximum atomic E-state index is 11.5. The number of carbonyl (C=O) groups excluding carboxylic acids is 1. The highest BCUT2D eigenvalue weighted by Gasteiger charge is 2.25. The van der Waals surface area contributed by atoms with Gasteiger partial charge in [-0.3, -0.25) is 15.1 Å². The number of nitrogens with two attached hydrogens (primary N) is 1. The number of carbonyl (C=O) groups is 1. The highest BCUT2D eigenvalue weighted by Crippen LogP contribution is 2.25. The van der Waals surface area contributed by atoms with E-state index in [1.807, 2.05) is 18.2 Å². The SMILES string of the molecule is CC1CCCC(C)N1Cc1ccccc1CC(=O)NN. The summed E-state index contributed by atoms with van der Waals surface area (Å²) in [6.45, 7) is 5.51. The van der Waals surface area contributed by atoms with Crippen molar-refractivity contribution in [2.75, 3.05) is 0 Å². The van der Waals surface area contributed by atoms with Crippen LogP contribution in [0.1, 0.15) is 44.2 Å². The fraction of sp³-hybridized carbons (Fsp3) is 0.562. The molecule has 1 fully saturated rings. The fourth-order valence-corrected chi connectivity index (χ4v) is 3.09. The van der Waals surface area contributed by atoms with E-state index in [-0.39, 0.29) is 5.91 Å². The van der Waals surface area contributed by atoms with Crippen molar-refractivity contribution in [2.45, 2.75) is 58.2 Å². The number of piperidine rings is 1. The minimum absolute atomic E-state index is 0.141. The zero-order valence-electron chi connectivity index (χ0n) is 12.4. The summed E-state index contributed by atoms with van der Waals surface area (Å²) in [6.07, 6.45) is 4.19. The van der Waals surface area contributed by atoms with Crippen molar-refractivity contribution in [3.05, 3.63) is 35.4 Å². The van der Waals surface area contributed by atoms with E-state index in [0.29, 0.717) is 18.5 Å². The van der Waals surface area contributed by atoms with Gasteiger partial charge in [-0.25, -0.2) is 5.84 Å². The molecule has 4 heteroatoms. The van der Waals surface area contributed by atoms with E-state index in [1.165, 1.54) is 24.8 Å². The molecule has 4 nitrogen and oxygen atoms in total. The van der Waals surface area contributed by atoms with Gasteiger partial charge in [0.25, 0.3) is 0 Å². The van der Waals surface area contributed by atoms with Gasteiger partial charge in [0.1, 0.15) is 0 Å². The standard InChI is InChI=1S/C16H25N3O/c1-12-6-5-7-13(2)19(12)11-15-9-4-3-8-14(15)10-16(20)18-17/h3-4,8-9,12-13H,5-7,10-11,17H2,1-2H3,(H,18,20). The summed E-state index contributed by atoms with van der Waals surface area (Å²) in [4.78, 5) is 14.0. The Labute approximate surface area is 121 Å². The second-order valence-electron chi connectivity index (χ2n) is 5.81. The maximum Gasteiger partial charge on any atom is 0.238 e. The van der Waals surface area contributed by atoms with Crippen molar-refractivity contribution < 1.29 is 4.79 Å². The van der Waals surface area contributed by atoms with Gasteiger partial charge in [-0.05, 0) is 37.8 Å². The predicted octanol–water partition coefficient (Wildman–Crippen LogP) is 1.98. The van der Waals surface area contributed by atoms with Gasteiger partial charge in [0, 0.05) is 18.6 Å². The molecule has 0 saturated carbocycles. The van der Waals surface area contributed by atoms with Gasteiger partial charge in [-0.2, -0.15) is 0 Å². The summed E-state index contributed by atoms with van der Waals surface area (Å²) >= 11 is 0. The van der Waals surface area contributed by atoms with Crippen LogP contribution in [0.3, 0.4) is 0 Å². The number of amides is 1. The topological polar surface area (TPSA) is 58.4 Å². The summed E-state index contributed by atoms with van der Waals surface area (Å²) in [5, 5.41) is 0. The average molecular weight is 275 g/mol. The lowest BCUT2D eigenvalue weighted by molar-refractivity contribution is -0.120. The third-order valence-electron chi connectivity index (χ3n) is 4.36. The van der Waals surface area contributed by atoms with E-state index in [1.54, 1.807) is 0 Å². The van der Waals surface area contributed by atoms with Gasteiger partial charge in [0.05, 0.1) is 6.42 Å². The molecule has 2 atom stereocenters. The normalized spacial score (nSPS) is 23.6. The lowest BCUT2D eigenvalue weighted by Crippen LogP contribution is -2.43. The van der Waals surface area contributed by atoms with Gasteiger partial charge < -0.3 is 0 Å². The minimum Gasteiger partial charge on any atom is -0.294 e. The van der Waals surface area contributed by atoms with Crippen LogP contribution in [0.25, 0.3) is 0 Å². The molecule has 1 amide bonds. The molecule has 1 aromatic carbocycles. The lowest BCUT2D eigenvalue weighted by atomic mass is 9.95. The number of hydrogen-bond donors (Lipinski definition) is 2. The molecule has 0 radical (unpaired) electrons. The van der Waals surface area contributed by atoms with Crippen LogP contribution in [0.4, 0.5) is 0 Å². The molecule has 0 bridgehead atoms. The first-order valence-corrected chi connectivity index (χ1v) is 7.43. The van der Waals surface area contributed by atoms with E-state index in [4.69, 9.17) is 5.84 Å². The van der Waals surface area contributed by atoms with Crippen molar-refractivity contribution in [1.29, 1.82) is 0 Å². The average Bonchev–Trinajstić information content (AvgIpc) is 2.44. The van der Waals surface area contributed by atoms with Gasteiger partial charge in [-0.15, -0.1) is 0 Å².